The third-order valence-corrected chi connectivity index (χ3v) is 4.52. The maximum atomic E-state index is 12.5. The van der Waals surface area contributed by atoms with Crippen LogP contribution in [-0.4, -0.2) is 48.9 Å². The minimum absolute atomic E-state index is 0.0653. The highest BCUT2D eigenvalue weighted by atomic mass is 16.2. The number of carbonyl (C=O) groups is 2. The highest BCUT2D eigenvalue weighted by Crippen LogP contribution is 2.22. The lowest BCUT2D eigenvalue weighted by atomic mass is 9.96. The van der Waals surface area contributed by atoms with Crippen molar-refractivity contribution in [1.82, 2.24) is 9.80 Å². The number of nitrogens with zero attached hydrogens (tertiary/aromatic N) is 2. The van der Waals surface area contributed by atoms with Crippen LogP contribution in [0.3, 0.4) is 0 Å². The number of piperidine rings is 1. The molecule has 1 fully saturated rings. The monoisotopic (exact) mass is 317 g/mol. The Kier molecular flexibility index (Phi) is 5.64. The van der Waals surface area contributed by atoms with Crippen molar-refractivity contribution in [2.24, 2.45) is 5.92 Å². The van der Waals surface area contributed by atoms with Gasteiger partial charge in [-0.15, -0.1) is 0 Å². The van der Waals surface area contributed by atoms with Gasteiger partial charge in [0.05, 0.1) is 0 Å². The van der Waals surface area contributed by atoms with Gasteiger partial charge in [-0.2, -0.15) is 0 Å². The third-order valence-electron chi connectivity index (χ3n) is 4.52. The van der Waals surface area contributed by atoms with Gasteiger partial charge >= 0.3 is 6.03 Å². The fourth-order valence-corrected chi connectivity index (χ4v) is 2.92. The SMILES string of the molecule is CC[C@@H]1CCCN(C(=O)Nc2cc(C(=O)N(C)C)ccc2C)C1. The highest BCUT2D eigenvalue weighted by Gasteiger charge is 2.23. The quantitative estimate of drug-likeness (QED) is 0.929. The number of amides is 3. The van der Waals surface area contributed by atoms with Crippen LogP contribution in [-0.2, 0) is 0 Å². The lowest BCUT2D eigenvalue weighted by Gasteiger charge is -2.32. The Hall–Kier alpha value is -2.04. The molecule has 1 saturated heterocycles. The highest BCUT2D eigenvalue weighted by molar-refractivity contribution is 5.97. The van der Waals surface area contributed by atoms with E-state index in [4.69, 9.17) is 0 Å². The molecule has 0 radical (unpaired) electrons. The molecule has 2 rings (SSSR count). The molecule has 1 aliphatic heterocycles. The zero-order valence-electron chi connectivity index (χ0n) is 14.6. The summed E-state index contributed by atoms with van der Waals surface area (Å²) in [6.07, 6.45) is 3.37. The van der Waals surface area contributed by atoms with Gasteiger partial charge in [0.15, 0.2) is 0 Å². The Balaban J connectivity index is 2.11. The summed E-state index contributed by atoms with van der Waals surface area (Å²) < 4.78 is 0. The number of hydrogen-bond acceptors (Lipinski definition) is 2. The number of likely N-dealkylation sites (tertiary alicyclic amines) is 1. The number of benzene rings is 1. The van der Waals surface area contributed by atoms with Crippen molar-refractivity contribution in [2.75, 3.05) is 32.5 Å². The van der Waals surface area contributed by atoms with Crippen molar-refractivity contribution in [3.8, 4) is 0 Å². The molecule has 1 aromatic rings. The van der Waals surface area contributed by atoms with Crippen molar-refractivity contribution in [1.29, 1.82) is 0 Å². The van der Waals surface area contributed by atoms with Crippen LogP contribution in [0, 0.1) is 12.8 Å². The lowest BCUT2D eigenvalue weighted by molar-refractivity contribution is 0.0827. The first kappa shape index (κ1) is 17.3. The van der Waals surface area contributed by atoms with Crippen molar-refractivity contribution < 1.29 is 9.59 Å². The van der Waals surface area contributed by atoms with Gasteiger partial charge in [-0.25, -0.2) is 4.79 Å². The molecule has 1 aromatic carbocycles. The first-order valence-corrected chi connectivity index (χ1v) is 8.30. The number of urea groups is 1. The van der Waals surface area contributed by atoms with Crippen LogP contribution >= 0.6 is 0 Å². The van der Waals surface area contributed by atoms with Crippen LogP contribution in [0.2, 0.25) is 0 Å². The molecule has 1 heterocycles. The van der Waals surface area contributed by atoms with Crippen molar-refractivity contribution in [3.05, 3.63) is 29.3 Å². The van der Waals surface area contributed by atoms with E-state index in [2.05, 4.69) is 12.2 Å². The largest absolute Gasteiger partial charge is 0.345 e. The van der Waals surface area contributed by atoms with Crippen LogP contribution in [0.1, 0.15) is 42.1 Å². The molecule has 0 bridgehead atoms. The van der Waals surface area contributed by atoms with Crippen LogP contribution in [0.5, 0.6) is 0 Å². The molecule has 5 heteroatoms. The van der Waals surface area contributed by atoms with E-state index in [1.54, 1.807) is 26.2 Å². The molecule has 0 unspecified atom stereocenters. The van der Waals surface area contributed by atoms with E-state index in [1.165, 1.54) is 11.3 Å². The second-order valence-electron chi connectivity index (χ2n) is 6.52. The van der Waals surface area contributed by atoms with Crippen LogP contribution < -0.4 is 5.32 Å². The molecule has 3 amide bonds. The van der Waals surface area contributed by atoms with Crippen molar-refractivity contribution >= 4 is 17.6 Å². The zero-order valence-corrected chi connectivity index (χ0v) is 14.6. The van der Waals surface area contributed by atoms with Crippen LogP contribution in [0.15, 0.2) is 18.2 Å². The summed E-state index contributed by atoms with van der Waals surface area (Å²) >= 11 is 0. The number of hydrogen-bond donors (Lipinski definition) is 1. The Morgan fingerprint density at radius 3 is 2.74 bits per heavy atom. The third kappa shape index (κ3) is 4.24. The van der Waals surface area contributed by atoms with Gasteiger partial charge in [0, 0.05) is 38.4 Å². The fourth-order valence-electron chi connectivity index (χ4n) is 2.92. The number of aryl methyl sites for hydroxylation is 1. The number of anilines is 1. The van der Waals surface area contributed by atoms with E-state index in [0.717, 1.165) is 31.5 Å². The minimum atomic E-state index is -0.0688. The first-order valence-electron chi connectivity index (χ1n) is 8.30. The summed E-state index contributed by atoms with van der Waals surface area (Å²) in [6, 6.07) is 5.36. The van der Waals surface area contributed by atoms with Crippen molar-refractivity contribution in [2.45, 2.75) is 33.1 Å². The fraction of sp³-hybridized carbons (Fsp3) is 0.556. The maximum Gasteiger partial charge on any atom is 0.321 e. The van der Waals surface area contributed by atoms with Crippen LogP contribution in [0.25, 0.3) is 0 Å². The summed E-state index contributed by atoms with van der Waals surface area (Å²) in [4.78, 5) is 28.0. The molecule has 0 saturated carbocycles. The van der Waals surface area contributed by atoms with E-state index in [-0.39, 0.29) is 11.9 Å². The van der Waals surface area contributed by atoms with Crippen molar-refractivity contribution in [3.63, 3.8) is 0 Å². The van der Waals surface area contributed by atoms with E-state index in [0.29, 0.717) is 17.2 Å². The predicted molar refractivity (Wildman–Crippen MR) is 92.8 cm³/mol. The summed E-state index contributed by atoms with van der Waals surface area (Å²) in [6.45, 7) is 5.73. The number of carbonyl (C=O) groups excluding carboxylic acids is 2. The summed E-state index contributed by atoms with van der Waals surface area (Å²) in [7, 11) is 3.44. The molecule has 1 N–H and O–H groups in total. The van der Waals surface area contributed by atoms with E-state index in [9.17, 15) is 9.59 Å². The Morgan fingerprint density at radius 1 is 1.35 bits per heavy atom. The van der Waals surface area contributed by atoms with Gasteiger partial charge < -0.3 is 15.1 Å². The Bertz CT molecular complexity index is 584. The molecule has 0 aliphatic carbocycles. The van der Waals surface area contributed by atoms with Crippen LogP contribution in [0.4, 0.5) is 10.5 Å². The molecule has 23 heavy (non-hydrogen) atoms. The van der Waals surface area contributed by atoms with Gasteiger partial charge in [-0.1, -0.05) is 19.4 Å². The Labute approximate surface area is 138 Å². The molecular weight excluding hydrogens is 290 g/mol. The molecule has 1 atom stereocenters. The topological polar surface area (TPSA) is 52.7 Å². The second kappa shape index (κ2) is 7.49. The smallest absolute Gasteiger partial charge is 0.321 e. The normalized spacial score (nSPS) is 17.7. The summed E-state index contributed by atoms with van der Waals surface area (Å²) in [5.74, 6) is 0.529. The molecule has 126 valence electrons. The molecular formula is C18H27N3O2. The first-order chi connectivity index (χ1) is 10.9. The Morgan fingerprint density at radius 2 is 2.09 bits per heavy atom. The number of rotatable bonds is 3. The van der Waals surface area contributed by atoms with E-state index in [1.807, 2.05) is 17.9 Å². The summed E-state index contributed by atoms with van der Waals surface area (Å²) in [5, 5.41) is 2.98. The van der Waals surface area contributed by atoms with Gasteiger partial charge in [-0.05, 0) is 43.4 Å². The summed E-state index contributed by atoms with van der Waals surface area (Å²) in [5.41, 5.74) is 2.25. The van der Waals surface area contributed by atoms with E-state index >= 15 is 0 Å². The van der Waals surface area contributed by atoms with E-state index < -0.39 is 0 Å². The minimum Gasteiger partial charge on any atom is -0.345 e. The predicted octanol–water partition coefficient (Wildman–Crippen LogP) is 3.35. The molecule has 1 aliphatic rings. The van der Waals surface area contributed by atoms with Gasteiger partial charge in [0.2, 0.25) is 0 Å². The number of nitrogens with one attached hydrogen (secondary N) is 1. The van der Waals surface area contributed by atoms with Gasteiger partial charge in [-0.3, -0.25) is 4.79 Å². The second-order valence-corrected chi connectivity index (χ2v) is 6.52. The zero-order chi connectivity index (χ0) is 17.0. The average Bonchev–Trinajstić information content (AvgIpc) is 2.56. The molecule has 5 nitrogen and oxygen atoms in total. The van der Waals surface area contributed by atoms with Gasteiger partial charge in [0.1, 0.15) is 0 Å². The molecule has 0 spiro atoms. The standard InChI is InChI=1S/C18H27N3O2/c1-5-14-7-6-10-21(12-14)18(23)19-16-11-15(9-8-13(16)2)17(22)20(3)4/h8-9,11,14H,5-7,10,12H2,1-4H3,(H,19,23)/t14-/m1/s1. The lowest BCUT2D eigenvalue weighted by Crippen LogP contribution is -2.42. The maximum absolute atomic E-state index is 12.5. The molecule has 0 aromatic heterocycles. The van der Waals surface area contributed by atoms with Gasteiger partial charge in [0.25, 0.3) is 5.91 Å². The average molecular weight is 317 g/mol.